The van der Waals surface area contributed by atoms with E-state index in [0.717, 1.165) is 83.8 Å². The zero-order valence-corrected chi connectivity index (χ0v) is 24.2. The Bertz CT molecular complexity index is 1550. The molecule has 1 amide bonds. The highest BCUT2D eigenvalue weighted by molar-refractivity contribution is 5.97. The highest BCUT2D eigenvalue weighted by Gasteiger charge is 2.46. The molecule has 0 radical (unpaired) electrons. The molecule has 1 N–H and O–H groups in total. The van der Waals surface area contributed by atoms with Crippen LogP contribution in [0.5, 0.6) is 0 Å². The lowest BCUT2D eigenvalue weighted by molar-refractivity contribution is 0.0930. The molecule has 1 saturated heterocycles. The molecule has 2 aromatic heterocycles. The van der Waals surface area contributed by atoms with Crippen LogP contribution in [0.2, 0.25) is 0 Å². The van der Waals surface area contributed by atoms with Gasteiger partial charge in [0.05, 0.1) is 17.4 Å². The van der Waals surface area contributed by atoms with Gasteiger partial charge in [0.1, 0.15) is 0 Å². The van der Waals surface area contributed by atoms with E-state index in [1.54, 1.807) is 0 Å². The summed E-state index contributed by atoms with van der Waals surface area (Å²) in [6.45, 7) is 10.1. The molecule has 0 unspecified atom stereocenters. The van der Waals surface area contributed by atoms with E-state index in [1.807, 2.05) is 41.9 Å². The summed E-state index contributed by atoms with van der Waals surface area (Å²) < 4.78 is 3.76. The summed E-state index contributed by atoms with van der Waals surface area (Å²) >= 11 is 0. The molecule has 40 heavy (non-hydrogen) atoms. The summed E-state index contributed by atoms with van der Waals surface area (Å²) in [6, 6.07) is 15.4. The van der Waals surface area contributed by atoms with E-state index < -0.39 is 0 Å². The number of amides is 1. The summed E-state index contributed by atoms with van der Waals surface area (Å²) in [5.74, 6) is -0.0115. The van der Waals surface area contributed by atoms with Crippen LogP contribution in [0.4, 0.5) is 5.69 Å². The van der Waals surface area contributed by atoms with Crippen molar-refractivity contribution in [2.45, 2.75) is 51.7 Å². The van der Waals surface area contributed by atoms with Crippen molar-refractivity contribution in [1.29, 1.82) is 0 Å². The number of hydrogen-bond donors (Lipinski definition) is 1. The van der Waals surface area contributed by atoms with Gasteiger partial charge in [-0.05, 0) is 93.7 Å². The van der Waals surface area contributed by atoms with Crippen LogP contribution in [0.1, 0.15) is 48.2 Å². The third-order valence-corrected chi connectivity index (χ3v) is 8.68. The van der Waals surface area contributed by atoms with Gasteiger partial charge < -0.3 is 15.1 Å². The molecule has 0 spiro atoms. The van der Waals surface area contributed by atoms with E-state index in [2.05, 4.69) is 83.6 Å². The number of aryl methyl sites for hydroxylation is 3. The lowest BCUT2D eigenvalue weighted by Crippen LogP contribution is -2.50. The maximum Gasteiger partial charge on any atom is 0.252 e. The summed E-state index contributed by atoms with van der Waals surface area (Å²) in [6.07, 6.45) is 7.75. The van der Waals surface area contributed by atoms with Gasteiger partial charge in [-0.2, -0.15) is 10.2 Å². The van der Waals surface area contributed by atoms with Crippen molar-refractivity contribution in [2.75, 3.05) is 31.6 Å². The van der Waals surface area contributed by atoms with Crippen molar-refractivity contribution in [2.24, 2.45) is 7.05 Å². The number of carbonyl (C=O) groups excluding carboxylic acids is 1. The molecule has 6 rings (SSSR count). The number of aromatic nitrogens is 4. The molecule has 2 fully saturated rings. The quantitative estimate of drug-likeness (QED) is 0.365. The summed E-state index contributed by atoms with van der Waals surface area (Å²) in [4.78, 5) is 18.6. The van der Waals surface area contributed by atoms with Crippen LogP contribution in [0.15, 0.2) is 61.1 Å². The molecule has 8 nitrogen and oxygen atoms in total. The fourth-order valence-electron chi connectivity index (χ4n) is 5.71. The first-order valence-corrected chi connectivity index (χ1v) is 14.3. The number of anilines is 1. The molecule has 1 aliphatic carbocycles. The number of nitrogens with one attached hydrogen (secondary N) is 1. The first-order chi connectivity index (χ1) is 19.2. The predicted molar refractivity (Wildman–Crippen MR) is 159 cm³/mol. The smallest absolute Gasteiger partial charge is 0.252 e. The number of likely N-dealkylation sites (N-methyl/N-ethyl adjacent to an activating group) is 1. The van der Waals surface area contributed by atoms with Gasteiger partial charge in [0.2, 0.25) is 0 Å². The number of carbonyl (C=O) groups is 1. The van der Waals surface area contributed by atoms with E-state index in [1.165, 1.54) is 0 Å². The minimum atomic E-state index is -0.387. The summed E-state index contributed by atoms with van der Waals surface area (Å²) in [5, 5.41) is 12.6. The second-order valence-electron chi connectivity index (χ2n) is 11.6. The molecule has 4 aromatic rings. The summed E-state index contributed by atoms with van der Waals surface area (Å²) in [7, 11) is 4.11. The first-order valence-electron chi connectivity index (χ1n) is 14.3. The Morgan fingerprint density at radius 2 is 1.85 bits per heavy atom. The largest absolute Gasteiger partial charge is 0.369 e. The zero-order valence-electron chi connectivity index (χ0n) is 24.2. The maximum atomic E-state index is 13.8. The van der Waals surface area contributed by atoms with Gasteiger partial charge in [0, 0.05) is 74.0 Å². The molecule has 1 saturated carbocycles. The third kappa shape index (κ3) is 5.04. The second-order valence-corrected chi connectivity index (χ2v) is 11.6. The molecule has 2 aromatic carbocycles. The van der Waals surface area contributed by atoms with Gasteiger partial charge in [0.25, 0.3) is 5.91 Å². The van der Waals surface area contributed by atoms with Gasteiger partial charge in [0.15, 0.2) is 0 Å². The molecule has 8 heteroatoms. The highest BCUT2D eigenvalue weighted by atomic mass is 16.1. The number of hydrogen-bond acceptors (Lipinski definition) is 5. The van der Waals surface area contributed by atoms with E-state index in [4.69, 9.17) is 5.10 Å². The van der Waals surface area contributed by atoms with Crippen LogP contribution in [-0.4, -0.2) is 63.1 Å². The van der Waals surface area contributed by atoms with Crippen LogP contribution >= 0.6 is 0 Å². The lowest BCUT2D eigenvalue weighted by Gasteiger charge is -2.39. The third-order valence-electron chi connectivity index (χ3n) is 8.68. The average molecular weight is 538 g/mol. The van der Waals surface area contributed by atoms with E-state index in [-0.39, 0.29) is 11.4 Å². The normalized spacial score (nSPS) is 18.6. The average Bonchev–Trinajstić information content (AvgIpc) is 3.35. The molecule has 2 aliphatic rings. The van der Waals surface area contributed by atoms with Crippen molar-refractivity contribution >= 4 is 11.6 Å². The minimum Gasteiger partial charge on any atom is -0.369 e. The monoisotopic (exact) mass is 537 g/mol. The van der Waals surface area contributed by atoms with Crippen molar-refractivity contribution < 1.29 is 4.79 Å². The van der Waals surface area contributed by atoms with Crippen molar-refractivity contribution in [3.63, 3.8) is 0 Å². The maximum absolute atomic E-state index is 13.8. The van der Waals surface area contributed by atoms with Crippen molar-refractivity contribution in [3.05, 3.63) is 77.7 Å². The fourth-order valence-corrected chi connectivity index (χ4v) is 5.71. The topological polar surface area (TPSA) is 71.2 Å². The Labute approximate surface area is 236 Å². The Kier molecular flexibility index (Phi) is 6.74. The molecule has 1 atom stereocenters. The second kappa shape index (κ2) is 10.2. The molecular weight excluding hydrogens is 498 g/mol. The van der Waals surface area contributed by atoms with Crippen molar-refractivity contribution in [3.8, 4) is 22.4 Å². The Hall–Kier alpha value is -3.91. The number of piperazine rings is 1. The zero-order chi connectivity index (χ0) is 28.0. The standard InChI is InChI=1S/C32H39N7O/c1-6-39-12-9-30(35-39)25-15-24(26-19-33-37(5)21-26)16-27(17-25)32(10-11-32)34-31(40)29-18-28(8-7-22(29)2)38-14-13-36(4)23(3)20-38/h7-9,12,15-19,21,23H,6,10-11,13-14,20H2,1-5H3,(H,34,40)/t23-/m1/s1. The van der Waals surface area contributed by atoms with Crippen LogP contribution < -0.4 is 10.2 Å². The van der Waals surface area contributed by atoms with Gasteiger partial charge in [-0.1, -0.05) is 6.07 Å². The minimum absolute atomic E-state index is 0.0115. The lowest BCUT2D eigenvalue weighted by atomic mass is 9.94. The summed E-state index contributed by atoms with van der Waals surface area (Å²) in [5.41, 5.74) is 7.70. The van der Waals surface area contributed by atoms with E-state index in [9.17, 15) is 4.79 Å². The van der Waals surface area contributed by atoms with Gasteiger partial charge in [-0.3, -0.25) is 14.2 Å². The molecule has 208 valence electrons. The SMILES string of the molecule is CCn1ccc(-c2cc(-c3cnn(C)c3)cc(C3(NC(=O)c4cc(N5CCN(C)[C@H](C)C5)ccc4C)CC3)c2)n1. The fraction of sp³-hybridized carbons (Fsp3) is 0.406. The van der Waals surface area contributed by atoms with Crippen LogP contribution in [-0.2, 0) is 19.1 Å². The highest BCUT2D eigenvalue weighted by Crippen LogP contribution is 2.48. The van der Waals surface area contributed by atoms with Crippen LogP contribution in [0, 0.1) is 6.92 Å². The van der Waals surface area contributed by atoms with E-state index in [0.29, 0.717) is 6.04 Å². The Morgan fingerprint density at radius 1 is 1.05 bits per heavy atom. The van der Waals surface area contributed by atoms with Gasteiger partial charge in [-0.25, -0.2) is 0 Å². The van der Waals surface area contributed by atoms with Crippen molar-refractivity contribution in [1.82, 2.24) is 29.8 Å². The number of benzene rings is 2. The van der Waals surface area contributed by atoms with Crippen LogP contribution in [0.25, 0.3) is 22.4 Å². The molecular formula is C32H39N7O. The van der Waals surface area contributed by atoms with Crippen LogP contribution in [0.3, 0.4) is 0 Å². The van der Waals surface area contributed by atoms with Gasteiger partial charge in [-0.15, -0.1) is 0 Å². The predicted octanol–water partition coefficient (Wildman–Crippen LogP) is 4.84. The van der Waals surface area contributed by atoms with E-state index >= 15 is 0 Å². The van der Waals surface area contributed by atoms with Gasteiger partial charge >= 0.3 is 0 Å². The Morgan fingerprint density at radius 3 is 2.52 bits per heavy atom. The first kappa shape index (κ1) is 26.3. The Balaban J connectivity index is 1.32. The molecule has 3 heterocycles. The molecule has 0 bridgehead atoms. The molecule has 1 aliphatic heterocycles. The number of rotatable bonds is 7. The number of nitrogens with zero attached hydrogens (tertiary/aromatic N) is 6.